The average molecular weight is 445 g/mol. The van der Waals surface area contributed by atoms with Crippen molar-refractivity contribution in [3.63, 3.8) is 0 Å². The van der Waals surface area contributed by atoms with Gasteiger partial charge in [0.1, 0.15) is 11.6 Å². The number of nitrogens with zero attached hydrogens (tertiary/aromatic N) is 4. The molecule has 0 aliphatic rings. The summed E-state index contributed by atoms with van der Waals surface area (Å²) in [5.41, 5.74) is 0.507. The van der Waals surface area contributed by atoms with Crippen molar-refractivity contribution >= 4 is 22.8 Å². The zero-order chi connectivity index (χ0) is 22.9. The molecule has 0 bridgehead atoms. The lowest BCUT2D eigenvalue weighted by atomic mass is 10.2. The first-order chi connectivity index (χ1) is 15.3. The Bertz CT molecular complexity index is 1290. The van der Waals surface area contributed by atoms with E-state index in [2.05, 4.69) is 25.0 Å². The van der Waals surface area contributed by atoms with Crippen molar-refractivity contribution in [1.82, 2.24) is 19.5 Å². The number of carbonyl (C=O) groups is 1. The van der Waals surface area contributed by atoms with Gasteiger partial charge in [0.15, 0.2) is 5.82 Å². The first-order valence-electron chi connectivity index (χ1n) is 9.25. The summed E-state index contributed by atoms with van der Waals surface area (Å²) >= 11 is 0. The van der Waals surface area contributed by atoms with E-state index in [-0.39, 0.29) is 34.8 Å². The van der Waals surface area contributed by atoms with Crippen LogP contribution in [0, 0.1) is 5.82 Å². The van der Waals surface area contributed by atoms with Gasteiger partial charge in [-0.2, -0.15) is 13.2 Å². The Labute approximate surface area is 178 Å². The number of halogens is 4. The maximum Gasteiger partial charge on any atom is 0.450 e. The van der Waals surface area contributed by atoms with E-state index in [1.807, 2.05) is 0 Å². The van der Waals surface area contributed by atoms with Crippen molar-refractivity contribution < 1.29 is 27.1 Å². The monoisotopic (exact) mass is 445 g/mol. The molecule has 0 radical (unpaired) electrons. The number of ether oxygens (including phenoxy) is 1. The molecule has 11 heteroatoms. The third-order valence-corrected chi connectivity index (χ3v) is 4.61. The highest BCUT2D eigenvalue weighted by Gasteiger charge is 2.38. The minimum absolute atomic E-state index is 0.0521. The van der Waals surface area contributed by atoms with Crippen LogP contribution < -0.4 is 5.32 Å². The fourth-order valence-corrected chi connectivity index (χ4v) is 3.10. The van der Waals surface area contributed by atoms with Gasteiger partial charge in [-0.15, -0.1) is 0 Å². The third kappa shape index (κ3) is 4.09. The standard InChI is InChI=1S/C21H15F4N5O2/c1-32-19(31)12-6-7-16-15(8-12)29-20(21(23,24)25)30(16)18-11-27-17(10-28-18)26-9-13-4-2-3-5-14(13)22/h2-8,10-11H,9H2,1H3,(H,26,27). The van der Waals surface area contributed by atoms with Gasteiger partial charge >= 0.3 is 12.1 Å². The van der Waals surface area contributed by atoms with Crippen LogP contribution in [0.4, 0.5) is 23.4 Å². The molecule has 0 aliphatic carbocycles. The highest BCUT2D eigenvalue weighted by atomic mass is 19.4. The van der Waals surface area contributed by atoms with E-state index in [1.165, 1.54) is 37.6 Å². The molecule has 0 saturated heterocycles. The Balaban J connectivity index is 1.69. The van der Waals surface area contributed by atoms with Crippen LogP contribution in [-0.2, 0) is 17.5 Å². The molecule has 0 unspecified atom stereocenters. The number of methoxy groups -OCH3 is 1. The lowest BCUT2D eigenvalue weighted by molar-refractivity contribution is -0.145. The van der Waals surface area contributed by atoms with E-state index in [1.54, 1.807) is 18.2 Å². The summed E-state index contributed by atoms with van der Waals surface area (Å²) in [7, 11) is 1.17. The summed E-state index contributed by atoms with van der Waals surface area (Å²) in [4.78, 5) is 23.5. The number of aromatic nitrogens is 4. The Hall–Kier alpha value is -4.02. The van der Waals surface area contributed by atoms with Crippen LogP contribution in [0.15, 0.2) is 54.9 Å². The molecule has 4 aromatic rings. The third-order valence-electron chi connectivity index (χ3n) is 4.61. The number of nitrogens with one attached hydrogen (secondary N) is 1. The molecule has 1 N–H and O–H groups in total. The molecule has 2 heterocycles. The van der Waals surface area contributed by atoms with Gasteiger partial charge in [0.25, 0.3) is 0 Å². The van der Waals surface area contributed by atoms with Gasteiger partial charge in [-0.3, -0.25) is 4.57 Å². The van der Waals surface area contributed by atoms with E-state index in [9.17, 15) is 22.4 Å². The van der Waals surface area contributed by atoms with Gasteiger partial charge in [0, 0.05) is 12.1 Å². The molecule has 0 atom stereocenters. The van der Waals surface area contributed by atoms with Crippen LogP contribution in [0.5, 0.6) is 0 Å². The zero-order valence-electron chi connectivity index (χ0n) is 16.5. The smallest absolute Gasteiger partial charge is 0.450 e. The van der Waals surface area contributed by atoms with E-state index in [0.29, 0.717) is 5.56 Å². The molecule has 32 heavy (non-hydrogen) atoms. The number of rotatable bonds is 5. The van der Waals surface area contributed by atoms with E-state index in [0.717, 1.165) is 10.8 Å². The maximum atomic E-state index is 13.7. The van der Waals surface area contributed by atoms with Crippen molar-refractivity contribution in [2.24, 2.45) is 0 Å². The lowest BCUT2D eigenvalue weighted by Crippen LogP contribution is -2.15. The normalized spacial score (nSPS) is 11.5. The number of hydrogen-bond acceptors (Lipinski definition) is 6. The molecule has 7 nitrogen and oxygen atoms in total. The number of hydrogen-bond donors (Lipinski definition) is 1. The molecule has 0 saturated carbocycles. The van der Waals surface area contributed by atoms with Crippen molar-refractivity contribution in [1.29, 1.82) is 0 Å². The quantitative estimate of drug-likeness (QED) is 0.363. The van der Waals surface area contributed by atoms with Crippen molar-refractivity contribution in [3.05, 3.63) is 77.6 Å². The molecule has 2 aromatic heterocycles. The number of fused-ring (bicyclic) bond motifs is 1. The lowest BCUT2D eigenvalue weighted by Gasteiger charge is -2.11. The second-order valence-electron chi connectivity index (χ2n) is 6.67. The predicted molar refractivity (Wildman–Crippen MR) is 107 cm³/mol. The van der Waals surface area contributed by atoms with Crippen LogP contribution in [0.25, 0.3) is 16.9 Å². The number of benzene rings is 2. The molecule has 164 valence electrons. The van der Waals surface area contributed by atoms with Crippen LogP contribution in [-0.4, -0.2) is 32.6 Å². The fraction of sp³-hybridized carbons (Fsp3) is 0.143. The van der Waals surface area contributed by atoms with Gasteiger partial charge in [0.05, 0.1) is 36.1 Å². The first kappa shape index (κ1) is 21.2. The molecule has 2 aromatic carbocycles. The molecular weight excluding hydrogens is 430 g/mol. The second-order valence-corrected chi connectivity index (χ2v) is 6.67. The first-order valence-corrected chi connectivity index (χ1v) is 9.25. The van der Waals surface area contributed by atoms with Crippen LogP contribution in [0.1, 0.15) is 21.7 Å². The second kappa shape index (κ2) is 8.25. The summed E-state index contributed by atoms with van der Waals surface area (Å²) < 4.78 is 60.1. The van der Waals surface area contributed by atoms with Gasteiger partial charge in [-0.05, 0) is 24.3 Å². The highest BCUT2D eigenvalue weighted by molar-refractivity contribution is 5.94. The number of alkyl halides is 3. The van der Waals surface area contributed by atoms with Gasteiger partial charge in [0.2, 0.25) is 5.82 Å². The molecule has 4 rings (SSSR count). The number of imidazole rings is 1. The van der Waals surface area contributed by atoms with Gasteiger partial charge in [-0.1, -0.05) is 18.2 Å². The van der Waals surface area contributed by atoms with Crippen molar-refractivity contribution in [2.75, 3.05) is 12.4 Å². The van der Waals surface area contributed by atoms with E-state index < -0.39 is 23.8 Å². The fourth-order valence-electron chi connectivity index (χ4n) is 3.10. The van der Waals surface area contributed by atoms with Crippen molar-refractivity contribution in [3.8, 4) is 5.82 Å². The summed E-state index contributed by atoms with van der Waals surface area (Å²) in [6.07, 6.45) is -2.40. The van der Waals surface area contributed by atoms with Crippen LogP contribution in [0.2, 0.25) is 0 Å². The molecular formula is C21H15F4N5O2. The Morgan fingerprint density at radius 2 is 1.91 bits per heavy atom. The van der Waals surface area contributed by atoms with E-state index in [4.69, 9.17) is 0 Å². The SMILES string of the molecule is COC(=O)c1ccc2c(c1)nc(C(F)(F)F)n2-c1cnc(NCc2ccccc2F)cn1. The Kier molecular flexibility index (Phi) is 5.47. The Morgan fingerprint density at radius 3 is 2.56 bits per heavy atom. The topological polar surface area (TPSA) is 81.9 Å². The maximum absolute atomic E-state index is 13.7. The average Bonchev–Trinajstić information content (AvgIpc) is 3.18. The largest absolute Gasteiger partial charge is 0.465 e. The summed E-state index contributed by atoms with van der Waals surface area (Å²) in [6, 6.07) is 10.0. The van der Waals surface area contributed by atoms with Gasteiger partial charge in [-0.25, -0.2) is 24.1 Å². The number of esters is 1. The summed E-state index contributed by atoms with van der Waals surface area (Å²) in [6.45, 7) is 0.124. The zero-order valence-corrected chi connectivity index (χ0v) is 16.5. The molecule has 0 amide bonds. The molecule has 0 spiro atoms. The van der Waals surface area contributed by atoms with E-state index >= 15 is 0 Å². The Morgan fingerprint density at radius 1 is 1.12 bits per heavy atom. The summed E-state index contributed by atoms with van der Waals surface area (Å²) in [5.74, 6) is -2.17. The minimum atomic E-state index is -4.78. The number of carbonyl (C=O) groups excluding carboxylic acids is 1. The minimum Gasteiger partial charge on any atom is -0.465 e. The molecule has 0 aliphatic heterocycles. The molecule has 0 fully saturated rings. The van der Waals surface area contributed by atoms with Crippen molar-refractivity contribution in [2.45, 2.75) is 12.7 Å². The van der Waals surface area contributed by atoms with Crippen LogP contribution >= 0.6 is 0 Å². The van der Waals surface area contributed by atoms with Gasteiger partial charge < -0.3 is 10.1 Å². The highest BCUT2D eigenvalue weighted by Crippen LogP contribution is 2.33. The van der Waals surface area contributed by atoms with Crippen LogP contribution in [0.3, 0.4) is 0 Å². The number of anilines is 1. The summed E-state index contributed by atoms with van der Waals surface area (Å²) in [5, 5.41) is 2.87. The predicted octanol–water partition coefficient (Wildman–Crippen LogP) is 4.37.